The number of anilines is 1. The van der Waals surface area contributed by atoms with E-state index in [9.17, 15) is 14.4 Å². The summed E-state index contributed by atoms with van der Waals surface area (Å²) in [6, 6.07) is 22.2. The second-order valence-electron chi connectivity index (χ2n) is 6.46. The Bertz CT molecular complexity index is 1050. The van der Waals surface area contributed by atoms with Crippen molar-refractivity contribution in [3.8, 4) is 5.75 Å². The van der Waals surface area contributed by atoms with E-state index < -0.39 is 5.91 Å². The highest BCUT2D eigenvalue weighted by Crippen LogP contribution is 2.20. The molecule has 3 aromatic rings. The van der Waals surface area contributed by atoms with E-state index in [2.05, 4.69) is 10.6 Å². The minimum absolute atomic E-state index is 0.111. The van der Waals surface area contributed by atoms with Crippen LogP contribution in [0.5, 0.6) is 5.75 Å². The van der Waals surface area contributed by atoms with Gasteiger partial charge >= 0.3 is 0 Å². The number of nitrogens with one attached hydrogen (secondary N) is 2. The molecule has 0 aliphatic heterocycles. The van der Waals surface area contributed by atoms with Crippen molar-refractivity contribution in [3.63, 3.8) is 0 Å². The molecule has 30 heavy (non-hydrogen) atoms. The summed E-state index contributed by atoms with van der Waals surface area (Å²) in [5.41, 5.74) is 1.61. The lowest BCUT2D eigenvalue weighted by atomic mass is 9.98. The highest BCUT2D eigenvalue weighted by atomic mass is 16.5. The molecule has 3 aromatic carbocycles. The zero-order valence-corrected chi connectivity index (χ0v) is 16.6. The molecule has 0 aromatic heterocycles. The van der Waals surface area contributed by atoms with Crippen molar-refractivity contribution in [1.82, 2.24) is 5.32 Å². The molecule has 0 atom stereocenters. The number of ketones is 1. The first-order valence-corrected chi connectivity index (χ1v) is 9.58. The van der Waals surface area contributed by atoms with Gasteiger partial charge in [0, 0.05) is 29.4 Å². The third kappa shape index (κ3) is 5.32. The lowest BCUT2D eigenvalue weighted by Crippen LogP contribution is -2.28. The summed E-state index contributed by atoms with van der Waals surface area (Å²) in [4.78, 5) is 37.3. The van der Waals surface area contributed by atoms with E-state index in [0.29, 0.717) is 29.1 Å². The van der Waals surface area contributed by atoms with Crippen LogP contribution in [0.3, 0.4) is 0 Å². The first-order valence-electron chi connectivity index (χ1n) is 9.58. The molecule has 0 aliphatic carbocycles. The summed E-state index contributed by atoms with van der Waals surface area (Å²) in [5.74, 6) is -0.399. The Balaban J connectivity index is 1.75. The van der Waals surface area contributed by atoms with Gasteiger partial charge in [0.2, 0.25) is 0 Å². The number of ether oxygens (including phenoxy) is 1. The standard InChI is InChI=1S/C24H22N2O4/c1-2-25-22(27)16-30-19-12-8-11-18(15-19)26-24(29)21-14-7-6-13-20(21)23(28)17-9-4-3-5-10-17/h3-15H,2,16H2,1H3,(H,25,27)(H,26,29). The predicted octanol–water partition coefficient (Wildman–Crippen LogP) is 3.68. The largest absolute Gasteiger partial charge is 0.484 e. The smallest absolute Gasteiger partial charge is 0.257 e. The summed E-state index contributed by atoms with van der Waals surface area (Å²) in [6.07, 6.45) is 0. The Hall–Kier alpha value is -3.93. The predicted molar refractivity (Wildman–Crippen MR) is 115 cm³/mol. The van der Waals surface area contributed by atoms with Gasteiger partial charge in [-0.1, -0.05) is 54.6 Å². The van der Waals surface area contributed by atoms with Gasteiger partial charge in [0.05, 0.1) is 5.56 Å². The zero-order chi connectivity index (χ0) is 21.3. The van der Waals surface area contributed by atoms with Gasteiger partial charge in [0.25, 0.3) is 11.8 Å². The fourth-order valence-corrected chi connectivity index (χ4v) is 2.88. The van der Waals surface area contributed by atoms with Crippen molar-refractivity contribution in [2.24, 2.45) is 0 Å². The third-order valence-electron chi connectivity index (χ3n) is 4.29. The topological polar surface area (TPSA) is 84.5 Å². The summed E-state index contributed by atoms with van der Waals surface area (Å²) in [6.45, 7) is 2.24. The van der Waals surface area contributed by atoms with E-state index >= 15 is 0 Å². The molecule has 0 fully saturated rings. The lowest BCUT2D eigenvalue weighted by molar-refractivity contribution is -0.122. The number of carbonyl (C=O) groups is 3. The monoisotopic (exact) mass is 402 g/mol. The first-order chi connectivity index (χ1) is 14.6. The number of likely N-dealkylation sites (N-methyl/N-ethyl adjacent to an activating group) is 1. The van der Waals surface area contributed by atoms with Gasteiger partial charge < -0.3 is 15.4 Å². The van der Waals surface area contributed by atoms with Crippen LogP contribution in [0, 0.1) is 0 Å². The molecule has 0 bridgehead atoms. The Labute approximate surface area is 174 Å². The molecule has 152 valence electrons. The molecule has 0 radical (unpaired) electrons. The number of hydrogen-bond acceptors (Lipinski definition) is 4. The molecule has 0 saturated heterocycles. The maximum Gasteiger partial charge on any atom is 0.257 e. The minimum atomic E-state index is -0.407. The molecular formula is C24H22N2O4. The van der Waals surface area contributed by atoms with Crippen LogP contribution in [0.25, 0.3) is 0 Å². The van der Waals surface area contributed by atoms with Crippen LogP contribution in [-0.4, -0.2) is 30.7 Å². The second kappa shape index (κ2) is 10.0. The van der Waals surface area contributed by atoms with Crippen molar-refractivity contribution >= 4 is 23.3 Å². The maximum atomic E-state index is 12.9. The third-order valence-corrected chi connectivity index (χ3v) is 4.29. The molecule has 0 saturated carbocycles. The van der Waals surface area contributed by atoms with Crippen molar-refractivity contribution in [2.45, 2.75) is 6.92 Å². The normalized spacial score (nSPS) is 10.2. The molecule has 6 nitrogen and oxygen atoms in total. The minimum Gasteiger partial charge on any atom is -0.484 e. The quantitative estimate of drug-likeness (QED) is 0.563. The van der Waals surface area contributed by atoms with Gasteiger partial charge in [0.15, 0.2) is 12.4 Å². The Kier molecular flexibility index (Phi) is 6.95. The van der Waals surface area contributed by atoms with Crippen LogP contribution in [0.15, 0.2) is 78.9 Å². The van der Waals surface area contributed by atoms with E-state index in [1.807, 2.05) is 13.0 Å². The molecule has 0 spiro atoms. The Morgan fingerprint density at radius 2 is 1.53 bits per heavy atom. The molecule has 0 heterocycles. The van der Waals surface area contributed by atoms with Gasteiger partial charge in [-0.05, 0) is 25.1 Å². The lowest BCUT2D eigenvalue weighted by Gasteiger charge is -2.11. The fraction of sp³-hybridized carbons (Fsp3) is 0.125. The molecule has 2 amide bonds. The number of carbonyl (C=O) groups excluding carboxylic acids is 3. The highest BCUT2D eigenvalue weighted by molar-refractivity contribution is 6.17. The SMILES string of the molecule is CCNC(=O)COc1cccc(NC(=O)c2ccccc2C(=O)c2ccccc2)c1. The summed E-state index contributed by atoms with van der Waals surface area (Å²) in [7, 11) is 0. The first kappa shape index (κ1) is 20.8. The van der Waals surface area contributed by atoms with E-state index in [-0.39, 0.29) is 23.9 Å². The summed E-state index contributed by atoms with van der Waals surface area (Å²) >= 11 is 0. The summed E-state index contributed by atoms with van der Waals surface area (Å²) in [5, 5.41) is 5.44. The molecule has 6 heteroatoms. The van der Waals surface area contributed by atoms with Crippen molar-refractivity contribution in [3.05, 3.63) is 95.6 Å². The average molecular weight is 402 g/mol. The van der Waals surface area contributed by atoms with Crippen LogP contribution in [-0.2, 0) is 4.79 Å². The van der Waals surface area contributed by atoms with E-state index in [1.165, 1.54) is 0 Å². The van der Waals surface area contributed by atoms with Crippen LogP contribution < -0.4 is 15.4 Å². The molecule has 3 rings (SSSR count). The van der Waals surface area contributed by atoms with Gasteiger partial charge in [-0.15, -0.1) is 0 Å². The highest BCUT2D eigenvalue weighted by Gasteiger charge is 2.18. The second-order valence-corrected chi connectivity index (χ2v) is 6.46. The van der Waals surface area contributed by atoms with E-state index in [4.69, 9.17) is 4.74 Å². The van der Waals surface area contributed by atoms with Gasteiger partial charge in [-0.2, -0.15) is 0 Å². The molecule has 2 N–H and O–H groups in total. The van der Waals surface area contributed by atoms with Crippen molar-refractivity contribution in [1.29, 1.82) is 0 Å². The van der Waals surface area contributed by atoms with Crippen LogP contribution in [0.2, 0.25) is 0 Å². The number of hydrogen-bond donors (Lipinski definition) is 2. The fourth-order valence-electron chi connectivity index (χ4n) is 2.88. The average Bonchev–Trinajstić information content (AvgIpc) is 2.78. The number of rotatable bonds is 8. The van der Waals surface area contributed by atoms with Crippen LogP contribution in [0.4, 0.5) is 5.69 Å². The zero-order valence-electron chi connectivity index (χ0n) is 16.6. The Morgan fingerprint density at radius 3 is 2.27 bits per heavy atom. The van der Waals surface area contributed by atoms with Crippen molar-refractivity contribution < 1.29 is 19.1 Å². The van der Waals surface area contributed by atoms with Gasteiger partial charge in [0.1, 0.15) is 5.75 Å². The number of benzene rings is 3. The van der Waals surface area contributed by atoms with Crippen LogP contribution in [0.1, 0.15) is 33.2 Å². The molecular weight excluding hydrogens is 380 g/mol. The van der Waals surface area contributed by atoms with E-state index in [1.54, 1.807) is 72.8 Å². The Morgan fingerprint density at radius 1 is 0.833 bits per heavy atom. The maximum absolute atomic E-state index is 12.9. The van der Waals surface area contributed by atoms with Crippen molar-refractivity contribution in [2.75, 3.05) is 18.5 Å². The summed E-state index contributed by atoms with van der Waals surface area (Å²) < 4.78 is 5.45. The van der Waals surface area contributed by atoms with Gasteiger partial charge in [-0.3, -0.25) is 14.4 Å². The van der Waals surface area contributed by atoms with Crippen LogP contribution >= 0.6 is 0 Å². The number of amides is 2. The molecule has 0 unspecified atom stereocenters. The molecule has 0 aliphatic rings. The van der Waals surface area contributed by atoms with E-state index in [0.717, 1.165) is 0 Å². The van der Waals surface area contributed by atoms with Gasteiger partial charge in [-0.25, -0.2) is 0 Å².